The molecule has 0 aliphatic rings. The summed E-state index contributed by atoms with van der Waals surface area (Å²) in [5, 5.41) is 3.91. The molecule has 0 saturated heterocycles. The number of amides is 1. The van der Waals surface area contributed by atoms with Crippen LogP contribution in [0.2, 0.25) is 0 Å². The Kier molecular flexibility index (Phi) is 5.58. The molecule has 4 nitrogen and oxygen atoms in total. The molecule has 0 fully saturated rings. The van der Waals surface area contributed by atoms with Crippen LogP contribution in [0.25, 0.3) is 10.4 Å². The van der Waals surface area contributed by atoms with E-state index in [0.29, 0.717) is 18.7 Å². The first-order chi connectivity index (χ1) is 12.2. The summed E-state index contributed by atoms with van der Waals surface area (Å²) in [6.07, 6.45) is 0.701. The van der Waals surface area contributed by atoms with Crippen LogP contribution in [0.3, 0.4) is 0 Å². The Morgan fingerprint density at radius 3 is 2.40 bits per heavy atom. The minimum Gasteiger partial charge on any atom is -0.346 e. The van der Waals surface area contributed by atoms with Crippen molar-refractivity contribution in [2.24, 2.45) is 5.73 Å². The highest BCUT2D eigenvalue weighted by Gasteiger charge is 2.20. The molecule has 0 bridgehead atoms. The van der Waals surface area contributed by atoms with Gasteiger partial charge in [-0.05, 0) is 24.5 Å². The Morgan fingerprint density at radius 2 is 1.76 bits per heavy atom. The maximum absolute atomic E-state index is 12.8. The Morgan fingerprint density at radius 1 is 1.12 bits per heavy atom. The monoisotopic (exact) mass is 351 g/mol. The van der Waals surface area contributed by atoms with Gasteiger partial charge in [0.1, 0.15) is 5.69 Å². The highest BCUT2D eigenvalue weighted by molar-refractivity contribution is 7.15. The number of nitrogens with zero attached hydrogens (tertiary/aromatic N) is 1. The van der Waals surface area contributed by atoms with E-state index < -0.39 is 0 Å². The fourth-order valence-corrected chi connectivity index (χ4v) is 3.63. The van der Waals surface area contributed by atoms with Crippen molar-refractivity contribution < 1.29 is 4.79 Å². The van der Waals surface area contributed by atoms with Crippen LogP contribution in [-0.2, 0) is 6.42 Å². The third kappa shape index (κ3) is 4.32. The van der Waals surface area contributed by atoms with Crippen molar-refractivity contribution in [3.8, 4) is 10.4 Å². The zero-order valence-corrected chi connectivity index (χ0v) is 14.9. The largest absolute Gasteiger partial charge is 0.346 e. The van der Waals surface area contributed by atoms with Gasteiger partial charge >= 0.3 is 0 Å². The Balaban J connectivity index is 1.79. The molecule has 1 heterocycles. The number of aryl methyl sites for hydroxylation is 1. The molecule has 1 atom stereocenters. The lowest BCUT2D eigenvalue weighted by Crippen LogP contribution is -2.42. The SMILES string of the molecule is Cc1nc(C(=O)NC(CN)Cc2ccccc2)c(-c2ccccc2)s1. The zero-order valence-electron chi connectivity index (χ0n) is 14.1. The van der Waals surface area contributed by atoms with E-state index in [1.54, 1.807) is 0 Å². The maximum Gasteiger partial charge on any atom is 0.271 e. The van der Waals surface area contributed by atoms with Crippen LogP contribution in [0.4, 0.5) is 0 Å². The van der Waals surface area contributed by atoms with Crippen LogP contribution in [0.5, 0.6) is 0 Å². The number of carbonyl (C=O) groups is 1. The molecule has 0 radical (unpaired) electrons. The molecule has 1 aromatic heterocycles. The van der Waals surface area contributed by atoms with Gasteiger partial charge < -0.3 is 11.1 Å². The second-order valence-electron chi connectivity index (χ2n) is 5.87. The van der Waals surface area contributed by atoms with Gasteiger partial charge in [0.2, 0.25) is 0 Å². The number of rotatable bonds is 6. The van der Waals surface area contributed by atoms with Crippen LogP contribution in [0, 0.1) is 6.92 Å². The van der Waals surface area contributed by atoms with Crippen molar-refractivity contribution >= 4 is 17.2 Å². The summed E-state index contributed by atoms with van der Waals surface area (Å²) in [7, 11) is 0. The summed E-state index contributed by atoms with van der Waals surface area (Å²) in [5.41, 5.74) is 8.50. The van der Waals surface area contributed by atoms with Crippen molar-refractivity contribution in [3.05, 3.63) is 76.9 Å². The van der Waals surface area contributed by atoms with Crippen LogP contribution in [0.15, 0.2) is 60.7 Å². The van der Waals surface area contributed by atoms with E-state index in [0.717, 1.165) is 21.0 Å². The minimum absolute atomic E-state index is 0.125. The first-order valence-electron chi connectivity index (χ1n) is 8.25. The summed E-state index contributed by atoms with van der Waals surface area (Å²) < 4.78 is 0. The molecule has 3 N–H and O–H groups in total. The van der Waals surface area contributed by atoms with Gasteiger partial charge in [-0.25, -0.2) is 4.98 Å². The van der Waals surface area contributed by atoms with E-state index in [1.165, 1.54) is 11.3 Å². The number of hydrogen-bond acceptors (Lipinski definition) is 4. The molecule has 3 rings (SSSR count). The number of hydrogen-bond donors (Lipinski definition) is 2. The summed E-state index contributed by atoms with van der Waals surface area (Å²) in [6, 6.07) is 19.8. The molecule has 1 amide bonds. The molecular formula is C20H21N3OS. The smallest absolute Gasteiger partial charge is 0.271 e. The van der Waals surface area contributed by atoms with E-state index in [2.05, 4.69) is 10.3 Å². The van der Waals surface area contributed by atoms with E-state index in [1.807, 2.05) is 67.6 Å². The number of benzene rings is 2. The van der Waals surface area contributed by atoms with Crippen molar-refractivity contribution in [1.82, 2.24) is 10.3 Å². The molecule has 3 aromatic rings. The fraction of sp³-hybridized carbons (Fsp3) is 0.200. The van der Waals surface area contributed by atoms with E-state index in [9.17, 15) is 4.79 Å². The van der Waals surface area contributed by atoms with Gasteiger partial charge in [-0.2, -0.15) is 0 Å². The average molecular weight is 351 g/mol. The second kappa shape index (κ2) is 8.05. The lowest BCUT2D eigenvalue weighted by molar-refractivity contribution is 0.0934. The van der Waals surface area contributed by atoms with Gasteiger partial charge in [-0.3, -0.25) is 4.79 Å². The third-order valence-electron chi connectivity index (χ3n) is 3.93. The average Bonchev–Trinajstić information content (AvgIpc) is 3.04. The molecule has 0 spiro atoms. The first kappa shape index (κ1) is 17.3. The maximum atomic E-state index is 12.8. The van der Waals surface area contributed by atoms with Crippen LogP contribution in [-0.4, -0.2) is 23.5 Å². The summed E-state index contributed by atoms with van der Waals surface area (Å²) in [4.78, 5) is 18.1. The van der Waals surface area contributed by atoms with Crippen molar-refractivity contribution in [1.29, 1.82) is 0 Å². The molecule has 25 heavy (non-hydrogen) atoms. The summed E-state index contributed by atoms with van der Waals surface area (Å²) in [5.74, 6) is -0.172. The van der Waals surface area contributed by atoms with Gasteiger partial charge in [0.15, 0.2) is 0 Å². The molecule has 128 valence electrons. The van der Waals surface area contributed by atoms with E-state index in [4.69, 9.17) is 5.73 Å². The molecule has 2 aromatic carbocycles. The number of thiazole rings is 1. The number of nitrogens with two attached hydrogens (primary N) is 1. The molecule has 1 unspecified atom stereocenters. The van der Waals surface area contributed by atoms with Gasteiger partial charge in [-0.1, -0.05) is 60.7 Å². The number of aromatic nitrogens is 1. The molecule has 5 heteroatoms. The van der Waals surface area contributed by atoms with Gasteiger partial charge in [-0.15, -0.1) is 11.3 Å². The quantitative estimate of drug-likeness (QED) is 0.715. The first-order valence-corrected chi connectivity index (χ1v) is 9.06. The second-order valence-corrected chi connectivity index (χ2v) is 7.08. The number of nitrogens with one attached hydrogen (secondary N) is 1. The Labute approximate surface area is 151 Å². The Hall–Kier alpha value is -2.50. The predicted molar refractivity (Wildman–Crippen MR) is 103 cm³/mol. The third-order valence-corrected chi connectivity index (χ3v) is 4.95. The lowest BCUT2D eigenvalue weighted by Gasteiger charge is -2.16. The lowest BCUT2D eigenvalue weighted by atomic mass is 10.1. The molecular weight excluding hydrogens is 330 g/mol. The van der Waals surface area contributed by atoms with Crippen molar-refractivity contribution in [3.63, 3.8) is 0 Å². The standard InChI is InChI=1S/C20H21N3OS/c1-14-22-18(19(25-14)16-10-6-3-7-11-16)20(24)23-17(13-21)12-15-8-4-2-5-9-15/h2-11,17H,12-13,21H2,1H3,(H,23,24). The van der Waals surface area contributed by atoms with E-state index >= 15 is 0 Å². The summed E-state index contributed by atoms with van der Waals surface area (Å²) >= 11 is 1.53. The molecule has 0 saturated carbocycles. The van der Waals surface area contributed by atoms with Crippen molar-refractivity contribution in [2.75, 3.05) is 6.54 Å². The summed E-state index contributed by atoms with van der Waals surface area (Å²) in [6.45, 7) is 2.29. The van der Waals surface area contributed by atoms with E-state index in [-0.39, 0.29) is 11.9 Å². The van der Waals surface area contributed by atoms with Crippen LogP contribution in [0.1, 0.15) is 21.1 Å². The molecule has 0 aliphatic heterocycles. The topological polar surface area (TPSA) is 68.0 Å². The van der Waals surface area contributed by atoms with Gasteiger partial charge in [0.05, 0.1) is 9.88 Å². The minimum atomic E-state index is -0.172. The number of carbonyl (C=O) groups excluding carboxylic acids is 1. The highest BCUT2D eigenvalue weighted by Crippen LogP contribution is 2.30. The predicted octanol–water partition coefficient (Wildman–Crippen LogP) is 3.42. The zero-order chi connectivity index (χ0) is 17.6. The normalized spacial score (nSPS) is 11.9. The highest BCUT2D eigenvalue weighted by atomic mass is 32.1. The Bertz CT molecular complexity index is 831. The van der Waals surface area contributed by atoms with Crippen molar-refractivity contribution in [2.45, 2.75) is 19.4 Å². The van der Waals surface area contributed by atoms with Crippen LogP contribution >= 0.6 is 11.3 Å². The fourth-order valence-electron chi connectivity index (χ4n) is 2.71. The van der Waals surface area contributed by atoms with Gasteiger partial charge in [0, 0.05) is 12.6 Å². The van der Waals surface area contributed by atoms with Gasteiger partial charge in [0.25, 0.3) is 5.91 Å². The molecule has 0 aliphatic carbocycles. The van der Waals surface area contributed by atoms with Crippen LogP contribution < -0.4 is 11.1 Å².